The molecule has 0 aliphatic carbocycles. The van der Waals surface area contributed by atoms with Crippen LogP contribution in [0.2, 0.25) is 0 Å². The summed E-state index contributed by atoms with van der Waals surface area (Å²) < 4.78 is 0. The molecule has 4 heteroatoms. The first-order valence-electron chi connectivity index (χ1n) is 4.85. The molecule has 0 radical (unpaired) electrons. The van der Waals surface area contributed by atoms with Crippen molar-refractivity contribution < 1.29 is 0 Å². The normalized spacial score (nSPS) is 32.4. The number of rotatable bonds is 1. The van der Waals surface area contributed by atoms with Crippen LogP contribution in [-0.4, -0.2) is 16.5 Å². The van der Waals surface area contributed by atoms with Gasteiger partial charge in [-0.25, -0.2) is 4.98 Å². The summed E-state index contributed by atoms with van der Waals surface area (Å²) in [5.74, 6) is 2.71. The highest BCUT2D eigenvalue weighted by Gasteiger charge is 2.41. The highest BCUT2D eigenvalue weighted by Crippen LogP contribution is 2.41. The van der Waals surface area contributed by atoms with Crippen LogP contribution in [0, 0.1) is 19.8 Å². The minimum absolute atomic E-state index is 0.172. The molecule has 0 spiro atoms. The molecule has 0 bridgehead atoms. The molecular formula is C10H16N2S2. The van der Waals surface area contributed by atoms with E-state index in [4.69, 9.17) is 5.73 Å². The number of aromatic nitrogens is 1. The monoisotopic (exact) mass is 228 g/mol. The molecule has 1 saturated heterocycles. The van der Waals surface area contributed by atoms with E-state index in [2.05, 4.69) is 25.8 Å². The maximum atomic E-state index is 6.43. The Labute approximate surface area is 93.3 Å². The summed E-state index contributed by atoms with van der Waals surface area (Å²) in [7, 11) is 0. The Bertz CT molecular complexity index is 328. The molecule has 0 amide bonds. The quantitative estimate of drug-likeness (QED) is 0.801. The van der Waals surface area contributed by atoms with E-state index in [0.29, 0.717) is 5.92 Å². The van der Waals surface area contributed by atoms with E-state index in [0.717, 1.165) is 22.2 Å². The molecule has 2 atom stereocenters. The lowest BCUT2D eigenvalue weighted by atomic mass is 9.90. The van der Waals surface area contributed by atoms with E-state index in [1.165, 1.54) is 4.88 Å². The van der Waals surface area contributed by atoms with Crippen molar-refractivity contribution >= 4 is 23.1 Å². The molecule has 1 aliphatic rings. The Hall–Kier alpha value is -0.0600. The minimum atomic E-state index is -0.172. The van der Waals surface area contributed by atoms with Crippen molar-refractivity contribution in [3.8, 4) is 0 Å². The van der Waals surface area contributed by atoms with Gasteiger partial charge >= 0.3 is 0 Å². The van der Waals surface area contributed by atoms with Gasteiger partial charge in [-0.1, -0.05) is 6.92 Å². The average molecular weight is 228 g/mol. The van der Waals surface area contributed by atoms with Crippen molar-refractivity contribution in [3.05, 3.63) is 15.6 Å². The van der Waals surface area contributed by atoms with Gasteiger partial charge in [0.2, 0.25) is 0 Å². The summed E-state index contributed by atoms with van der Waals surface area (Å²) in [5.41, 5.74) is 7.40. The predicted molar refractivity (Wildman–Crippen MR) is 63.9 cm³/mol. The van der Waals surface area contributed by atoms with Crippen LogP contribution >= 0.6 is 23.1 Å². The number of hydrogen-bond acceptors (Lipinski definition) is 4. The number of nitrogens with zero attached hydrogens (tertiary/aromatic N) is 1. The van der Waals surface area contributed by atoms with Crippen LogP contribution < -0.4 is 5.73 Å². The first-order valence-corrected chi connectivity index (χ1v) is 6.82. The Morgan fingerprint density at radius 1 is 1.50 bits per heavy atom. The molecule has 1 aromatic rings. The largest absolute Gasteiger partial charge is 0.318 e. The number of aryl methyl sites for hydroxylation is 2. The fourth-order valence-corrected chi connectivity index (χ4v) is 4.39. The van der Waals surface area contributed by atoms with Crippen molar-refractivity contribution in [1.82, 2.24) is 4.98 Å². The average Bonchev–Trinajstić information content (AvgIpc) is 2.61. The molecule has 2 N–H and O–H groups in total. The second-order valence-electron chi connectivity index (χ2n) is 4.12. The smallest absolute Gasteiger partial charge is 0.114 e. The van der Waals surface area contributed by atoms with Crippen molar-refractivity contribution in [2.75, 3.05) is 11.5 Å². The van der Waals surface area contributed by atoms with Crippen LogP contribution in [0.5, 0.6) is 0 Å². The molecule has 2 unspecified atom stereocenters. The molecule has 14 heavy (non-hydrogen) atoms. The zero-order valence-corrected chi connectivity index (χ0v) is 10.5. The van der Waals surface area contributed by atoms with Gasteiger partial charge in [0.25, 0.3) is 0 Å². The van der Waals surface area contributed by atoms with Gasteiger partial charge in [0.15, 0.2) is 0 Å². The van der Waals surface area contributed by atoms with Gasteiger partial charge in [-0.2, -0.15) is 11.8 Å². The lowest BCUT2D eigenvalue weighted by Crippen LogP contribution is -2.42. The number of nitrogens with two attached hydrogens (primary N) is 1. The highest BCUT2D eigenvalue weighted by molar-refractivity contribution is 7.99. The standard InChI is InChI=1S/C10H16N2S2/c1-6-4-13-5-10(6,11)9-12-7(2)8(3)14-9/h6H,4-5,11H2,1-3H3. The summed E-state index contributed by atoms with van der Waals surface area (Å²) in [6, 6.07) is 0. The van der Waals surface area contributed by atoms with Gasteiger partial charge in [0, 0.05) is 10.6 Å². The molecule has 1 fully saturated rings. The predicted octanol–water partition coefficient (Wildman–Crippen LogP) is 2.30. The van der Waals surface area contributed by atoms with Crippen LogP contribution in [0.3, 0.4) is 0 Å². The highest BCUT2D eigenvalue weighted by atomic mass is 32.2. The molecule has 2 heterocycles. The molecule has 1 aliphatic heterocycles. The van der Waals surface area contributed by atoms with E-state index < -0.39 is 0 Å². The Morgan fingerprint density at radius 2 is 2.21 bits per heavy atom. The fraction of sp³-hybridized carbons (Fsp3) is 0.700. The van der Waals surface area contributed by atoms with Crippen molar-refractivity contribution in [2.24, 2.45) is 11.7 Å². The topological polar surface area (TPSA) is 38.9 Å². The van der Waals surface area contributed by atoms with Crippen molar-refractivity contribution in [1.29, 1.82) is 0 Å². The Balaban J connectivity index is 2.38. The zero-order chi connectivity index (χ0) is 10.3. The van der Waals surface area contributed by atoms with Crippen LogP contribution in [0.15, 0.2) is 0 Å². The molecule has 0 aromatic carbocycles. The van der Waals surface area contributed by atoms with Crippen molar-refractivity contribution in [3.63, 3.8) is 0 Å². The van der Waals surface area contributed by atoms with Gasteiger partial charge in [0.05, 0.1) is 11.2 Å². The Morgan fingerprint density at radius 3 is 2.64 bits per heavy atom. The molecule has 1 aromatic heterocycles. The second kappa shape index (κ2) is 3.51. The van der Waals surface area contributed by atoms with Crippen LogP contribution in [-0.2, 0) is 5.54 Å². The van der Waals surface area contributed by atoms with Crippen LogP contribution in [0.1, 0.15) is 22.5 Å². The SMILES string of the molecule is Cc1nc(C2(N)CSCC2C)sc1C. The number of thioether (sulfide) groups is 1. The first kappa shape index (κ1) is 10.5. The lowest BCUT2D eigenvalue weighted by Gasteiger charge is -2.25. The maximum absolute atomic E-state index is 6.43. The van der Waals surface area contributed by atoms with Crippen LogP contribution in [0.4, 0.5) is 0 Å². The summed E-state index contributed by atoms with van der Waals surface area (Å²) >= 11 is 3.71. The lowest BCUT2D eigenvalue weighted by molar-refractivity contribution is 0.380. The fourth-order valence-electron chi connectivity index (χ4n) is 1.64. The van der Waals surface area contributed by atoms with Gasteiger partial charge in [-0.3, -0.25) is 0 Å². The molecule has 2 nitrogen and oxygen atoms in total. The van der Waals surface area contributed by atoms with E-state index in [-0.39, 0.29) is 5.54 Å². The van der Waals surface area contributed by atoms with Gasteiger partial charge in [-0.05, 0) is 25.5 Å². The van der Waals surface area contributed by atoms with Gasteiger partial charge < -0.3 is 5.73 Å². The van der Waals surface area contributed by atoms with Gasteiger partial charge in [0.1, 0.15) is 5.01 Å². The molecule has 78 valence electrons. The van der Waals surface area contributed by atoms with Crippen molar-refractivity contribution in [2.45, 2.75) is 26.3 Å². The Kier molecular flexibility index (Phi) is 2.62. The summed E-state index contributed by atoms with van der Waals surface area (Å²) in [6.45, 7) is 6.41. The minimum Gasteiger partial charge on any atom is -0.318 e. The molecule has 2 rings (SSSR count). The summed E-state index contributed by atoms with van der Waals surface area (Å²) in [5, 5.41) is 1.13. The maximum Gasteiger partial charge on any atom is 0.114 e. The third-order valence-corrected chi connectivity index (χ3v) is 5.70. The van der Waals surface area contributed by atoms with E-state index in [1.807, 2.05) is 11.8 Å². The number of thiazole rings is 1. The van der Waals surface area contributed by atoms with E-state index in [1.54, 1.807) is 11.3 Å². The second-order valence-corrected chi connectivity index (χ2v) is 6.35. The first-order chi connectivity index (χ1) is 6.54. The molecular weight excluding hydrogens is 212 g/mol. The summed E-state index contributed by atoms with van der Waals surface area (Å²) in [6.07, 6.45) is 0. The van der Waals surface area contributed by atoms with Crippen LogP contribution in [0.25, 0.3) is 0 Å². The third-order valence-electron chi connectivity index (χ3n) is 3.01. The van der Waals surface area contributed by atoms with E-state index in [9.17, 15) is 0 Å². The van der Waals surface area contributed by atoms with Gasteiger partial charge in [-0.15, -0.1) is 11.3 Å². The third kappa shape index (κ3) is 1.49. The summed E-state index contributed by atoms with van der Waals surface area (Å²) in [4.78, 5) is 5.89. The molecule has 0 saturated carbocycles. The van der Waals surface area contributed by atoms with E-state index >= 15 is 0 Å². The number of hydrogen-bond donors (Lipinski definition) is 1. The zero-order valence-electron chi connectivity index (χ0n) is 8.83.